The molecule has 2 aromatic carbocycles. The highest BCUT2D eigenvalue weighted by molar-refractivity contribution is 5.85. The number of nitrogens with zero attached hydrogens (tertiary/aromatic N) is 4. The first-order valence-electron chi connectivity index (χ1n) is 18.0. The van der Waals surface area contributed by atoms with Crippen molar-refractivity contribution in [2.45, 2.75) is 84.1 Å². The van der Waals surface area contributed by atoms with Crippen molar-refractivity contribution in [1.82, 2.24) is 20.1 Å². The molecule has 1 saturated carbocycles. The zero-order valence-electron chi connectivity index (χ0n) is 28.7. The van der Waals surface area contributed by atoms with Gasteiger partial charge >= 0.3 is 0 Å². The molecule has 1 aliphatic carbocycles. The second-order valence-electron chi connectivity index (χ2n) is 14.4. The van der Waals surface area contributed by atoms with Gasteiger partial charge in [0.1, 0.15) is 17.3 Å². The van der Waals surface area contributed by atoms with Gasteiger partial charge in [-0.2, -0.15) is 10.2 Å². The van der Waals surface area contributed by atoms with E-state index in [-0.39, 0.29) is 5.92 Å². The highest BCUT2D eigenvalue weighted by Crippen LogP contribution is 2.36. The molecule has 2 fully saturated rings. The van der Waals surface area contributed by atoms with Gasteiger partial charge in [0.15, 0.2) is 0 Å². The number of hydrogen-bond donors (Lipinski definition) is 0. The van der Waals surface area contributed by atoms with Gasteiger partial charge in [0.2, 0.25) is 0 Å². The van der Waals surface area contributed by atoms with Crippen molar-refractivity contribution in [2.24, 2.45) is 11.8 Å². The van der Waals surface area contributed by atoms with E-state index in [1.54, 1.807) is 0 Å². The third-order valence-electron chi connectivity index (χ3n) is 10.5. The van der Waals surface area contributed by atoms with Crippen LogP contribution in [-0.2, 0) is 16.0 Å². The number of ketones is 1. The largest absolute Gasteiger partial charge is 0.457 e. The number of carbonyl (C=O) groups is 1. The summed E-state index contributed by atoms with van der Waals surface area (Å²) in [5.41, 5.74) is 7.13. The van der Waals surface area contributed by atoms with Crippen molar-refractivity contribution in [3.8, 4) is 22.8 Å². The lowest BCUT2D eigenvalue weighted by Gasteiger charge is -2.36. The van der Waals surface area contributed by atoms with Crippen LogP contribution in [-0.4, -0.2) is 58.2 Å². The summed E-state index contributed by atoms with van der Waals surface area (Å²) in [6.07, 6.45) is 10.1. The number of fused-ring (bicyclic) bond motifs is 1. The van der Waals surface area contributed by atoms with Crippen molar-refractivity contribution < 1.29 is 14.3 Å². The molecule has 2 atom stereocenters. The smallest absolute Gasteiger partial charge is 0.136 e. The van der Waals surface area contributed by atoms with E-state index in [4.69, 9.17) is 14.5 Å². The van der Waals surface area contributed by atoms with Crippen LogP contribution in [0.3, 0.4) is 0 Å². The lowest BCUT2D eigenvalue weighted by atomic mass is 9.90. The molecular formula is C41H48N4O3. The summed E-state index contributed by atoms with van der Waals surface area (Å²) in [6.45, 7) is 10.2. The first-order valence-corrected chi connectivity index (χ1v) is 18.0. The van der Waals surface area contributed by atoms with Gasteiger partial charge in [0.25, 0.3) is 0 Å². The highest BCUT2D eigenvalue weighted by Gasteiger charge is 2.27. The Morgan fingerprint density at radius 1 is 0.938 bits per heavy atom. The van der Waals surface area contributed by atoms with Crippen LogP contribution in [0, 0.1) is 11.8 Å². The first kappa shape index (κ1) is 32.6. The molecule has 0 spiro atoms. The second-order valence-corrected chi connectivity index (χ2v) is 14.4. The standard InChI is InChI=1S/C41H48N4O3/c1-27(2)36-13-14-38(44-43-36)29-7-10-35(11-8-29)48-41-26-39-31(24-33(41)25-32-6-4-5-28(3)23-40(32)46)9-12-37(42-39)30-15-19-45(20-16-30)34-17-21-47-22-18-34/h7-15,24,26-28,32,34H,4-6,16-23,25H2,1-3H3. The molecule has 48 heavy (non-hydrogen) atoms. The minimum absolute atomic E-state index is 0.0165. The van der Waals surface area contributed by atoms with Crippen molar-refractivity contribution in [3.63, 3.8) is 0 Å². The van der Waals surface area contributed by atoms with E-state index in [2.05, 4.69) is 66.2 Å². The van der Waals surface area contributed by atoms with Crippen molar-refractivity contribution in [1.29, 1.82) is 0 Å². The third kappa shape index (κ3) is 7.53. The van der Waals surface area contributed by atoms with Gasteiger partial charge in [0.05, 0.1) is 22.6 Å². The molecule has 1 saturated heterocycles. The summed E-state index contributed by atoms with van der Waals surface area (Å²) in [7, 11) is 0. The normalized spacial score (nSPS) is 21.3. The van der Waals surface area contributed by atoms with Crippen LogP contribution in [0.5, 0.6) is 11.5 Å². The summed E-state index contributed by atoms with van der Waals surface area (Å²) in [6, 6.07) is 21.4. The summed E-state index contributed by atoms with van der Waals surface area (Å²) in [4.78, 5) is 21.0. The van der Waals surface area contributed by atoms with E-state index < -0.39 is 0 Å². The summed E-state index contributed by atoms with van der Waals surface area (Å²) in [5.74, 6) is 2.71. The number of carbonyl (C=O) groups excluding carboxylic acids is 1. The van der Waals surface area contributed by atoms with Gasteiger partial charge in [-0.3, -0.25) is 9.69 Å². The van der Waals surface area contributed by atoms with Crippen molar-refractivity contribution in [2.75, 3.05) is 26.3 Å². The average molecular weight is 645 g/mol. The molecule has 2 aliphatic heterocycles. The van der Waals surface area contributed by atoms with Crippen LogP contribution >= 0.6 is 0 Å². The van der Waals surface area contributed by atoms with Gasteiger partial charge in [-0.15, -0.1) is 0 Å². The Balaban J connectivity index is 1.16. The molecule has 4 aromatic rings. The lowest BCUT2D eigenvalue weighted by molar-refractivity contribution is -0.123. The Labute approximate surface area is 284 Å². The Morgan fingerprint density at radius 3 is 2.48 bits per heavy atom. The predicted octanol–water partition coefficient (Wildman–Crippen LogP) is 8.81. The zero-order chi connectivity index (χ0) is 33.0. The molecule has 3 aliphatic rings. The third-order valence-corrected chi connectivity index (χ3v) is 10.5. The lowest BCUT2D eigenvalue weighted by Crippen LogP contribution is -2.41. The fourth-order valence-electron chi connectivity index (χ4n) is 7.52. The van der Waals surface area contributed by atoms with Crippen LogP contribution in [0.2, 0.25) is 0 Å². The summed E-state index contributed by atoms with van der Waals surface area (Å²) < 4.78 is 12.2. The molecule has 0 N–H and O–H groups in total. The van der Waals surface area contributed by atoms with Crippen LogP contribution < -0.4 is 4.74 Å². The molecule has 0 radical (unpaired) electrons. The van der Waals surface area contributed by atoms with E-state index in [9.17, 15) is 4.79 Å². The Kier molecular flexibility index (Phi) is 9.96. The zero-order valence-corrected chi connectivity index (χ0v) is 28.7. The molecule has 2 aromatic heterocycles. The molecule has 0 amide bonds. The maximum absolute atomic E-state index is 13.3. The average Bonchev–Trinajstić information content (AvgIpc) is 3.27. The molecule has 4 heterocycles. The van der Waals surface area contributed by atoms with Crippen molar-refractivity contribution >= 4 is 22.3 Å². The van der Waals surface area contributed by atoms with E-state index in [1.165, 1.54) is 5.57 Å². The number of Topliss-reactive ketones (excluding diaryl/α,β-unsaturated/α-hetero) is 1. The predicted molar refractivity (Wildman–Crippen MR) is 191 cm³/mol. The number of benzene rings is 2. The fraction of sp³-hybridized carbons (Fsp3) is 0.463. The Hall–Kier alpha value is -3.94. The maximum atomic E-state index is 13.3. The van der Waals surface area contributed by atoms with Crippen LogP contribution in [0.4, 0.5) is 0 Å². The van der Waals surface area contributed by atoms with E-state index in [1.807, 2.05) is 36.4 Å². The minimum atomic E-state index is 0.0165. The number of aromatic nitrogens is 3. The fourth-order valence-corrected chi connectivity index (χ4v) is 7.52. The molecule has 7 heteroatoms. The highest BCUT2D eigenvalue weighted by atomic mass is 16.5. The number of pyridine rings is 1. The molecule has 0 bridgehead atoms. The summed E-state index contributed by atoms with van der Waals surface area (Å²) in [5, 5.41) is 9.92. The SMILES string of the molecule is CC1CCCC(Cc2cc3ccc(C4=CCN(C5CCOCC5)CC4)nc3cc2Oc2ccc(-c3ccc(C(C)C)nn3)cc2)C(=O)C1. The van der Waals surface area contributed by atoms with E-state index in [0.717, 1.165) is 115 Å². The van der Waals surface area contributed by atoms with Crippen LogP contribution in [0.15, 0.2) is 66.7 Å². The molecular weight excluding hydrogens is 596 g/mol. The molecule has 7 nitrogen and oxygen atoms in total. The van der Waals surface area contributed by atoms with Gasteiger partial charge in [0, 0.05) is 61.7 Å². The monoisotopic (exact) mass is 644 g/mol. The van der Waals surface area contributed by atoms with E-state index in [0.29, 0.717) is 36.5 Å². The van der Waals surface area contributed by atoms with Gasteiger partial charge in [-0.25, -0.2) is 4.98 Å². The second kappa shape index (κ2) is 14.7. The molecule has 250 valence electrons. The van der Waals surface area contributed by atoms with Crippen molar-refractivity contribution in [3.05, 3.63) is 83.7 Å². The molecule has 7 rings (SSSR count). The van der Waals surface area contributed by atoms with E-state index >= 15 is 0 Å². The minimum Gasteiger partial charge on any atom is -0.457 e. The maximum Gasteiger partial charge on any atom is 0.136 e. The van der Waals surface area contributed by atoms with Gasteiger partial charge in [-0.1, -0.05) is 45.8 Å². The number of hydrogen-bond acceptors (Lipinski definition) is 7. The number of rotatable bonds is 8. The quantitative estimate of drug-likeness (QED) is 0.177. The Morgan fingerprint density at radius 2 is 1.75 bits per heavy atom. The van der Waals surface area contributed by atoms with Crippen LogP contribution in [0.1, 0.15) is 88.6 Å². The topological polar surface area (TPSA) is 77.4 Å². The van der Waals surface area contributed by atoms with Gasteiger partial charge < -0.3 is 9.47 Å². The van der Waals surface area contributed by atoms with Crippen LogP contribution in [0.25, 0.3) is 27.7 Å². The van der Waals surface area contributed by atoms with Gasteiger partial charge in [-0.05, 0) is 104 Å². The number of ether oxygens (including phenoxy) is 2. The molecule has 2 unspecified atom stereocenters. The first-order chi connectivity index (χ1) is 23.4. The Bertz CT molecular complexity index is 1760. The summed E-state index contributed by atoms with van der Waals surface area (Å²) >= 11 is 0.